The summed E-state index contributed by atoms with van der Waals surface area (Å²) in [4.78, 5) is 4.10. The summed E-state index contributed by atoms with van der Waals surface area (Å²) >= 11 is 1.49. The maximum atomic E-state index is 5.21. The van der Waals surface area contributed by atoms with Gasteiger partial charge in [-0.1, -0.05) is 0 Å². The molecule has 10 heavy (non-hydrogen) atoms. The molecule has 0 aliphatic carbocycles. The van der Waals surface area contributed by atoms with Crippen LogP contribution in [0.15, 0.2) is 6.20 Å². The Morgan fingerprint density at radius 2 is 2.40 bits per heavy atom. The van der Waals surface area contributed by atoms with Gasteiger partial charge in [-0.2, -0.15) is 0 Å². The van der Waals surface area contributed by atoms with Crippen molar-refractivity contribution in [2.75, 3.05) is 7.11 Å². The van der Waals surface area contributed by atoms with Crippen LogP contribution in [-0.2, 0) is 10.3 Å². The van der Waals surface area contributed by atoms with E-state index in [1.165, 1.54) is 11.3 Å². The van der Waals surface area contributed by atoms with Gasteiger partial charge in [0.15, 0.2) is 0 Å². The van der Waals surface area contributed by atoms with E-state index in [0.717, 1.165) is 5.01 Å². The molecule has 0 N–H and O–H groups in total. The average molecular weight is 156 g/mol. The van der Waals surface area contributed by atoms with Gasteiger partial charge < -0.3 is 4.74 Å². The maximum Gasteiger partial charge on any atom is 0.125 e. The minimum atomic E-state index is -0.259. The Bertz CT molecular complexity index is 193. The van der Waals surface area contributed by atoms with Gasteiger partial charge in [-0.25, -0.2) is 4.98 Å². The number of hydrogen-bond donors (Lipinski definition) is 0. The molecule has 55 valence electrons. The SMILES string of the molecule is COC(C)(C)c1nc[c]s1. The molecule has 1 aromatic rings. The quantitative estimate of drug-likeness (QED) is 0.651. The predicted octanol–water partition coefficient (Wildman–Crippen LogP) is 1.82. The van der Waals surface area contributed by atoms with Crippen LogP contribution in [0.5, 0.6) is 0 Å². The van der Waals surface area contributed by atoms with Gasteiger partial charge in [0.05, 0.1) is 5.38 Å². The van der Waals surface area contributed by atoms with Crippen LogP contribution in [0.4, 0.5) is 0 Å². The molecular weight excluding hydrogens is 146 g/mol. The number of thiazole rings is 1. The van der Waals surface area contributed by atoms with Crippen molar-refractivity contribution in [1.29, 1.82) is 0 Å². The first-order valence-electron chi connectivity index (χ1n) is 3.04. The number of hydrogen-bond acceptors (Lipinski definition) is 3. The third-order valence-electron chi connectivity index (χ3n) is 1.42. The minimum absolute atomic E-state index is 0.259. The molecular formula is C7H10NOS. The molecule has 0 fully saturated rings. The second kappa shape index (κ2) is 2.68. The fraction of sp³-hybridized carbons (Fsp3) is 0.571. The molecule has 0 saturated carbocycles. The standard InChI is InChI=1S/C7H10NOS/c1-7(2,9-3)6-8-4-5-10-6/h4H,1-3H3. The lowest BCUT2D eigenvalue weighted by molar-refractivity contribution is 0.0190. The van der Waals surface area contributed by atoms with Crippen LogP contribution in [0, 0.1) is 5.38 Å². The fourth-order valence-corrected chi connectivity index (χ4v) is 1.21. The molecule has 0 bridgehead atoms. The monoisotopic (exact) mass is 156 g/mol. The summed E-state index contributed by atoms with van der Waals surface area (Å²) in [6.45, 7) is 3.97. The lowest BCUT2D eigenvalue weighted by atomic mass is 10.1. The highest BCUT2D eigenvalue weighted by Gasteiger charge is 2.21. The third kappa shape index (κ3) is 1.36. The van der Waals surface area contributed by atoms with Gasteiger partial charge in [0, 0.05) is 13.3 Å². The average Bonchev–Trinajstić information content (AvgIpc) is 2.38. The van der Waals surface area contributed by atoms with Crippen molar-refractivity contribution in [3.63, 3.8) is 0 Å². The highest BCUT2D eigenvalue weighted by atomic mass is 32.1. The van der Waals surface area contributed by atoms with E-state index < -0.39 is 0 Å². The van der Waals surface area contributed by atoms with Crippen LogP contribution in [0.3, 0.4) is 0 Å². The molecule has 0 amide bonds. The van der Waals surface area contributed by atoms with E-state index in [9.17, 15) is 0 Å². The number of methoxy groups -OCH3 is 1. The maximum absolute atomic E-state index is 5.21. The molecule has 0 aromatic carbocycles. The van der Waals surface area contributed by atoms with E-state index >= 15 is 0 Å². The Labute approximate surface area is 64.9 Å². The lowest BCUT2D eigenvalue weighted by Gasteiger charge is -2.18. The summed E-state index contributed by atoms with van der Waals surface area (Å²) in [5.74, 6) is 0. The van der Waals surface area contributed by atoms with Crippen LogP contribution in [0.25, 0.3) is 0 Å². The summed E-state index contributed by atoms with van der Waals surface area (Å²) < 4.78 is 5.21. The molecule has 1 rings (SSSR count). The lowest BCUT2D eigenvalue weighted by Crippen LogP contribution is -2.18. The van der Waals surface area contributed by atoms with Gasteiger partial charge >= 0.3 is 0 Å². The van der Waals surface area contributed by atoms with Gasteiger partial charge in [0.25, 0.3) is 0 Å². The Kier molecular flexibility index (Phi) is 2.06. The topological polar surface area (TPSA) is 22.1 Å². The first-order valence-corrected chi connectivity index (χ1v) is 3.86. The summed E-state index contributed by atoms with van der Waals surface area (Å²) in [7, 11) is 1.68. The van der Waals surface area contributed by atoms with E-state index in [1.54, 1.807) is 13.3 Å². The van der Waals surface area contributed by atoms with E-state index in [-0.39, 0.29) is 5.60 Å². The smallest absolute Gasteiger partial charge is 0.125 e. The van der Waals surface area contributed by atoms with E-state index in [2.05, 4.69) is 10.4 Å². The highest BCUT2D eigenvalue weighted by molar-refractivity contribution is 7.09. The normalized spacial score (nSPS) is 11.9. The molecule has 1 aromatic heterocycles. The fourth-order valence-electron chi connectivity index (χ4n) is 0.559. The van der Waals surface area contributed by atoms with E-state index in [1.807, 2.05) is 13.8 Å². The first kappa shape index (κ1) is 7.69. The summed E-state index contributed by atoms with van der Waals surface area (Å²) in [5.41, 5.74) is -0.259. The van der Waals surface area contributed by atoms with Crippen molar-refractivity contribution in [3.8, 4) is 0 Å². The van der Waals surface area contributed by atoms with Gasteiger partial charge in [-0.3, -0.25) is 0 Å². The summed E-state index contributed by atoms with van der Waals surface area (Å²) in [5, 5.41) is 3.89. The molecule has 0 aliphatic heterocycles. The van der Waals surface area contributed by atoms with Gasteiger partial charge in [0.1, 0.15) is 10.6 Å². The number of nitrogens with zero attached hydrogens (tertiary/aromatic N) is 1. The Balaban J connectivity index is 2.85. The summed E-state index contributed by atoms with van der Waals surface area (Å²) in [6, 6.07) is 0. The summed E-state index contributed by atoms with van der Waals surface area (Å²) in [6.07, 6.45) is 1.67. The Morgan fingerprint density at radius 3 is 2.80 bits per heavy atom. The largest absolute Gasteiger partial charge is 0.372 e. The van der Waals surface area contributed by atoms with Crippen LogP contribution >= 0.6 is 11.3 Å². The molecule has 0 unspecified atom stereocenters. The molecule has 2 nitrogen and oxygen atoms in total. The number of aromatic nitrogens is 1. The van der Waals surface area contributed by atoms with E-state index in [4.69, 9.17) is 4.74 Å². The molecule has 0 saturated heterocycles. The molecule has 1 radical (unpaired) electrons. The molecule has 0 atom stereocenters. The van der Waals surface area contributed by atoms with Crippen molar-refractivity contribution in [2.45, 2.75) is 19.4 Å². The van der Waals surface area contributed by atoms with Crippen molar-refractivity contribution in [1.82, 2.24) is 4.98 Å². The van der Waals surface area contributed by atoms with Crippen molar-refractivity contribution >= 4 is 11.3 Å². The zero-order chi connectivity index (χ0) is 7.61. The highest BCUT2D eigenvalue weighted by Crippen LogP contribution is 2.24. The molecule has 1 heterocycles. The second-order valence-electron chi connectivity index (χ2n) is 2.50. The third-order valence-corrected chi connectivity index (χ3v) is 2.43. The molecule has 0 aliphatic rings. The van der Waals surface area contributed by atoms with Crippen molar-refractivity contribution in [3.05, 3.63) is 16.6 Å². The Hall–Kier alpha value is -0.410. The van der Waals surface area contributed by atoms with Crippen molar-refractivity contribution in [2.24, 2.45) is 0 Å². The number of rotatable bonds is 2. The van der Waals surface area contributed by atoms with Crippen LogP contribution in [0.2, 0.25) is 0 Å². The first-order chi connectivity index (χ1) is 4.67. The van der Waals surface area contributed by atoms with Crippen LogP contribution in [-0.4, -0.2) is 12.1 Å². The molecule has 3 heteroatoms. The van der Waals surface area contributed by atoms with Gasteiger partial charge in [0.2, 0.25) is 0 Å². The Morgan fingerprint density at radius 1 is 1.70 bits per heavy atom. The van der Waals surface area contributed by atoms with E-state index in [0.29, 0.717) is 0 Å². The second-order valence-corrected chi connectivity index (χ2v) is 3.32. The van der Waals surface area contributed by atoms with Gasteiger partial charge in [-0.05, 0) is 13.8 Å². The molecule has 0 spiro atoms. The zero-order valence-electron chi connectivity index (χ0n) is 6.34. The van der Waals surface area contributed by atoms with Crippen LogP contribution < -0.4 is 0 Å². The zero-order valence-corrected chi connectivity index (χ0v) is 7.16. The van der Waals surface area contributed by atoms with Crippen LogP contribution in [0.1, 0.15) is 18.9 Å². The van der Waals surface area contributed by atoms with Gasteiger partial charge in [-0.15, -0.1) is 11.3 Å². The van der Waals surface area contributed by atoms with Crippen molar-refractivity contribution < 1.29 is 4.74 Å². The minimum Gasteiger partial charge on any atom is -0.372 e. The predicted molar refractivity (Wildman–Crippen MR) is 41.0 cm³/mol. The number of ether oxygens (including phenoxy) is 1.